The van der Waals surface area contributed by atoms with Gasteiger partial charge in [-0.1, -0.05) is 42.5 Å². The highest BCUT2D eigenvalue weighted by molar-refractivity contribution is 5.58. The number of methoxy groups -OCH3 is 1. The van der Waals surface area contributed by atoms with Crippen LogP contribution in [0.1, 0.15) is 11.6 Å². The van der Waals surface area contributed by atoms with E-state index in [1.54, 1.807) is 7.11 Å². The molecule has 1 saturated heterocycles. The number of piperazine rings is 1. The van der Waals surface area contributed by atoms with E-state index >= 15 is 0 Å². The van der Waals surface area contributed by atoms with Gasteiger partial charge in [-0.2, -0.15) is 0 Å². The van der Waals surface area contributed by atoms with E-state index in [0.29, 0.717) is 0 Å². The van der Waals surface area contributed by atoms with Gasteiger partial charge in [-0.15, -0.1) is 0 Å². The molecule has 1 aliphatic rings. The minimum Gasteiger partial charge on any atom is -0.495 e. The van der Waals surface area contributed by atoms with Crippen LogP contribution in [0, 0.1) is 0 Å². The molecule has 122 valence electrons. The van der Waals surface area contributed by atoms with Gasteiger partial charge >= 0.3 is 0 Å². The van der Waals surface area contributed by atoms with Crippen molar-refractivity contribution in [1.29, 1.82) is 0 Å². The summed E-state index contributed by atoms with van der Waals surface area (Å²) in [5.41, 5.74) is 8.73. The summed E-state index contributed by atoms with van der Waals surface area (Å²) in [6.45, 7) is 4.96. The van der Waals surface area contributed by atoms with Gasteiger partial charge in [0.2, 0.25) is 0 Å². The Balaban J connectivity index is 1.56. The van der Waals surface area contributed by atoms with Crippen LogP contribution in [-0.2, 0) is 0 Å². The molecule has 0 aliphatic carbocycles. The number of ether oxygens (including phenoxy) is 1. The molecule has 1 fully saturated rings. The molecule has 0 radical (unpaired) electrons. The molecule has 4 heteroatoms. The van der Waals surface area contributed by atoms with Gasteiger partial charge in [-0.05, 0) is 17.7 Å². The first-order chi connectivity index (χ1) is 11.3. The van der Waals surface area contributed by atoms with Gasteiger partial charge in [0, 0.05) is 38.8 Å². The van der Waals surface area contributed by atoms with E-state index < -0.39 is 0 Å². The zero-order valence-electron chi connectivity index (χ0n) is 13.7. The van der Waals surface area contributed by atoms with E-state index in [1.165, 1.54) is 11.3 Å². The third-order valence-electron chi connectivity index (χ3n) is 4.48. The normalized spacial score (nSPS) is 17.0. The summed E-state index contributed by atoms with van der Waals surface area (Å²) >= 11 is 0. The van der Waals surface area contributed by atoms with E-state index in [-0.39, 0.29) is 6.04 Å². The molecule has 1 atom stereocenters. The molecule has 0 bridgehead atoms. The van der Waals surface area contributed by atoms with Crippen LogP contribution in [0.5, 0.6) is 5.75 Å². The average Bonchev–Trinajstić information content (AvgIpc) is 2.63. The predicted molar refractivity (Wildman–Crippen MR) is 95.0 cm³/mol. The Labute approximate surface area is 138 Å². The molecular formula is C19H25N3O. The van der Waals surface area contributed by atoms with Crippen molar-refractivity contribution in [2.45, 2.75) is 6.04 Å². The van der Waals surface area contributed by atoms with Gasteiger partial charge in [0.1, 0.15) is 5.75 Å². The Morgan fingerprint density at radius 1 is 0.957 bits per heavy atom. The molecule has 4 nitrogen and oxygen atoms in total. The molecule has 1 aliphatic heterocycles. The van der Waals surface area contributed by atoms with Crippen LogP contribution in [0.25, 0.3) is 0 Å². The van der Waals surface area contributed by atoms with Crippen molar-refractivity contribution in [3.8, 4) is 5.75 Å². The SMILES string of the molecule is COc1ccccc1N1CCN(C[C@@H](N)c2ccccc2)CC1. The maximum atomic E-state index is 6.34. The van der Waals surface area contributed by atoms with Gasteiger partial charge in [0.25, 0.3) is 0 Å². The minimum atomic E-state index is 0.0778. The van der Waals surface area contributed by atoms with Gasteiger partial charge in [0.15, 0.2) is 0 Å². The molecule has 23 heavy (non-hydrogen) atoms. The van der Waals surface area contributed by atoms with E-state index in [9.17, 15) is 0 Å². The first-order valence-corrected chi connectivity index (χ1v) is 8.19. The maximum absolute atomic E-state index is 6.34. The summed E-state index contributed by atoms with van der Waals surface area (Å²) < 4.78 is 5.47. The lowest BCUT2D eigenvalue weighted by Gasteiger charge is -2.37. The fraction of sp³-hybridized carbons (Fsp3) is 0.368. The minimum absolute atomic E-state index is 0.0778. The molecule has 2 aromatic rings. The Morgan fingerprint density at radius 2 is 1.61 bits per heavy atom. The zero-order valence-corrected chi connectivity index (χ0v) is 13.7. The number of benzene rings is 2. The van der Waals surface area contributed by atoms with Crippen molar-refractivity contribution >= 4 is 5.69 Å². The fourth-order valence-electron chi connectivity index (χ4n) is 3.15. The lowest BCUT2D eigenvalue weighted by molar-refractivity contribution is 0.242. The van der Waals surface area contributed by atoms with Crippen LogP contribution in [0.2, 0.25) is 0 Å². The smallest absolute Gasteiger partial charge is 0.142 e. The predicted octanol–water partition coefficient (Wildman–Crippen LogP) is 2.52. The van der Waals surface area contributed by atoms with Crippen molar-refractivity contribution in [2.24, 2.45) is 5.73 Å². The lowest BCUT2D eigenvalue weighted by atomic mass is 10.1. The number of para-hydroxylation sites is 2. The summed E-state index contributed by atoms with van der Waals surface area (Å²) in [4.78, 5) is 4.84. The lowest BCUT2D eigenvalue weighted by Crippen LogP contribution is -2.48. The summed E-state index contributed by atoms with van der Waals surface area (Å²) in [6.07, 6.45) is 0. The summed E-state index contributed by atoms with van der Waals surface area (Å²) in [6, 6.07) is 18.6. The number of hydrogen-bond donors (Lipinski definition) is 1. The van der Waals surface area contributed by atoms with Gasteiger partial charge in [-0.3, -0.25) is 4.90 Å². The molecule has 2 aromatic carbocycles. The number of hydrogen-bond acceptors (Lipinski definition) is 4. The largest absolute Gasteiger partial charge is 0.495 e. The van der Waals surface area contributed by atoms with Gasteiger partial charge < -0.3 is 15.4 Å². The molecule has 0 amide bonds. The zero-order chi connectivity index (χ0) is 16.1. The van der Waals surface area contributed by atoms with Crippen LogP contribution < -0.4 is 15.4 Å². The Bertz CT molecular complexity index is 609. The van der Waals surface area contributed by atoms with E-state index in [1.807, 2.05) is 18.2 Å². The van der Waals surface area contributed by atoms with E-state index in [4.69, 9.17) is 10.5 Å². The van der Waals surface area contributed by atoms with Crippen LogP contribution in [0.15, 0.2) is 54.6 Å². The number of anilines is 1. The first kappa shape index (κ1) is 15.8. The third kappa shape index (κ3) is 3.84. The monoisotopic (exact) mass is 311 g/mol. The Hall–Kier alpha value is -2.04. The Morgan fingerprint density at radius 3 is 2.30 bits per heavy atom. The van der Waals surface area contributed by atoms with Crippen LogP contribution in [0.3, 0.4) is 0 Å². The van der Waals surface area contributed by atoms with E-state index in [2.05, 4.69) is 46.2 Å². The van der Waals surface area contributed by atoms with Gasteiger partial charge in [0.05, 0.1) is 12.8 Å². The number of nitrogens with two attached hydrogens (primary N) is 1. The van der Waals surface area contributed by atoms with Crippen LogP contribution in [0.4, 0.5) is 5.69 Å². The Kier molecular flexibility index (Phi) is 5.16. The number of nitrogens with zero attached hydrogens (tertiary/aromatic N) is 2. The van der Waals surface area contributed by atoms with Crippen molar-refractivity contribution in [1.82, 2.24) is 4.90 Å². The van der Waals surface area contributed by atoms with Crippen LogP contribution >= 0.6 is 0 Å². The molecule has 0 aromatic heterocycles. The molecule has 0 unspecified atom stereocenters. The second-order valence-electron chi connectivity index (χ2n) is 5.98. The van der Waals surface area contributed by atoms with Gasteiger partial charge in [-0.25, -0.2) is 0 Å². The summed E-state index contributed by atoms with van der Waals surface area (Å²) in [7, 11) is 1.73. The fourth-order valence-corrected chi connectivity index (χ4v) is 3.15. The molecule has 3 rings (SSSR count). The molecule has 0 spiro atoms. The highest BCUT2D eigenvalue weighted by atomic mass is 16.5. The second-order valence-corrected chi connectivity index (χ2v) is 5.98. The van der Waals surface area contributed by atoms with Crippen molar-refractivity contribution < 1.29 is 4.74 Å². The summed E-state index contributed by atoms with van der Waals surface area (Å²) in [5, 5.41) is 0. The van der Waals surface area contributed by atoms with Crippen LogP contribution in [-0.4, -0.2) is 44.7 Å². The van der Waals surface area contributed by atoms with E-state index in [0.717, 1.165) is 38.5 Å². The standard InChI is InChI=1S/C19H25N3O/c1-23-19-10-6-5-9-18(19)22-13-11-21(12-14-22)15-17(20)16-7-3-2-4-8-16/h2-10,17H,11-15,20H2,1H3/t17-/m1/s1. The van der Waals surface area contributed by atoms with Crippen molar-refractivity contribution in [3.63, 3.8) is 0 Å². The highest BCUT2D eigenvalue weighted by Crippen LogP contribution is 2.28. The first-order valence-electron chi connectivity index (χ1n) is 8.19. The molecule has 2 N–H and O–H groups in total. The van der Waals surface area contributed by atoms with Crippen molar-refractivity contribution in [2.75, 3.05) is 44.7 Å². The van der Waals surface area contributed by atoms with Crippen molar-refractivity contribution in [3.05, 3.63) is 60.2 Å². The molecular weight excluding hydrogens is 286 g/mol. The maximum Gasteiger partial charge on any atom is 0.142 e. The number of rotatable bonds is 5. The average molecular weight is 311 g/mol. The highest BCUT2D eigenvalue weighted by Gasteiger charge is 2.21. The summed E-state index contributed by atoms with van der Waals surface area (Å²) in [5.74, 6) is 0.946. The molecule has 1 heterocycles. The quantitative estimate of drug-likeness (QED) is 0.921. The third-order valence-corrected chi connectivity index (χ3v) is 4.48. The second kappa shape index (κ2) is 7.49. The topological polar surface area (TPSA) is 41.7 Å². The molecule has 0 saturated carbocycles.